The maximum Gasteiger partial charge on any atom is 0.119 e. The van der Waals surface area contributed by atoms with Crippen LogP contribution >= 0.6 is 0 Å². The third kappa shape index (κ3) is 5.10. The summed E-state index contributed by atoms with van der Waals surface area (Å²) in [7, 11) is 0. The highest BCUT2D eigenvalue weighted by atomic mass is 16.5. The molecule has 0 saturated heterocycles. The first-order chi connectivity index (χ1) is 9.74. The van der Waals surface area contributed by atoms with Crippen LogP contribution in [0.2, 0.25) is 0 Å². The quantitative estimate of drug-likeness (QED) is 0.789. The van der Waals surface area contributed by atoms with Gasteiger partial charge in [0.1, 0.15) is 5.75 Å². The molecule has 3 nitrogen and oxygen atoms in total. The molecule has 0 aliphatic carbocycles. The van der Waals surface area contributed by atoms with Gasteiger partial charge in [0.05, 0.1) is 19.1 Å². The van der Waals surface area contributed by atoms with Gasteiger partial charge in [0.2, 0.25) is 0 Å². The molecule has 0 spiro atoms. The van der Waals surface area contributed by atoms with Gasteiger partial charge in [0, 0.05) is 18.7 Å². The summed E-state index contributed by atoms with van der Waals surface area (Å²) in [5, 5.41) is 3.38. The lowest BCUT2D eigenvalue weighted by atomic mass is 10.1. The molecule has 0 saturated carbocycles. The van der Waals surface area contributed by atoms with E-state index >= 15 is 0 Å². The topological polar surface area (TPSA) is 34.4 Å². The lowest BCUT2D eigenvalue weighted by Crippen LogP contribution is -2.12. The predicted molar refractivity (Wildman–Crippen MR) is 80.6 cm³/mol. The highest BCUT2D eigenvalue weighted by Gasteiger charge is 1.98. The molecule has 2 aromatic rings. The molecule has 1 N–H and O–H groups in total. The minimum atomic E-state index is 0.682. The molecule has 108 valence electrons. The lowest BCUT2D eigenvalue weighted by Gasteiger charge is -2.09. The largest absolute Gasteiger partial charge is 0.494 e. The fraction of sp³-hybridized carbons (Fsp3) is 0.412. The van der Waals surface area contributed by atoms with Gasteiger partial charge in [0.25, 0.3) is 0 Å². The summed E-state index contributed by atoms with van der Waals surface area (Å²) in [6, 6.07) is 10.3. The molecule has 0 unspecified atom stereocenters. The van der Waals surface area contributed by atoms with E-state index in [0.29, 0.717) is 5.92 Å². The molecule has 0 amide bonds. The highest BCUT2D eigenvalue weighted by Crippen LogP contribution is 2.13. The van der Waals surface area contributed by atoms with Crippen LogP contribution < -0.4 is 10.1 Å². The first kappa shape index (κ1) is 14.7. The first-order valence-electron chi connectivity index (χ1n) is 7.17. The number of ether oxygens (including phenoxy) is 1. The number of rotatable bonds is 8. The summed E-state index contributed by atoms with van der Waals surface area (Å²) in [5.74, 6) is 1.63. The normalized spacial score (nSPS) is 10.9. The molecular weight excluding hydrogens is 250 g/mol. The van der Waals surface area contributed by atoms with Gasteiger partial charge >= 0.3 is 0 Å². The second kappa shape index (κ2) is 7.75. The average molecular weight is 273 g/mol. The Morgan fingerprint density at radius 3 is 2.45 bits per heavy atom. The van der Waals surface area contributed by atoms with Crippen molar-refractivity contribution < 1.29 is 9.15 Å². The molecular formula is C17H23NO2. The van der Waals surface area contributed by atoms with Gasteiger partial charge in [-0.05, 0) is 36.1 Å². The fourth-order valence-electron chi connectivity index (χ4n) is 1.86. The van der Waals surface area contributed by atoms with Gasteiger partial charge in [-0.3, -0.25) is 0 Å². The van der Waals surface area contributed by atoms with Gasteiger partial charge in [-0.15, -0.1) is 0 Å². The monoisotopic (exact) mass is 273 g/mol. The van der Waals surface area contributed by atoms with Crippen molar-refractivity contribution in [3.63, 3.8) is 0 Å². The summed E-state index contributed by atoms with van der Waals surface area (Å²) in [4.78, 5) is 0. The van der Waals surface area contributed by atoms with Crippen molar-refractivity contribution in [3.05, 3.63) is 54.0 Å². The number of hydrogen-bond donors (Lipinski definition) is 1. The van der Waals surface area contributed by atoms with Crippen molar-refractivity contribution in [1.29, 1.82) is 0 Å². The molecule has 0 atom stereocenters. The van der Waals surface area contributed by atoms with E-state index in [1.165, 1.54) is 11.1 Å². The molecule has 1 aromatic heterocycles. The second-order valence-corrected chi connectivity index (χ2v) is 5.41. The Morgan fingerprint density at radius 2 is 1.80 bits per heavy atom. The van der Waals surface area contributed by atoms with E-state index in [-0.39, 0.29) is 0 Å². The van der Waals surface area contributed by atoms with Crippen LogP contribution in [-0.4, -0.2) is 6.61 Å². The van der Waals surface area contributed by atoms with E-state index in [2.05, 4.69) is 31.3 Å². The molecule has 0 fully saturated rings. The Labute approximate surface area is 121 Å². The zero-order valence-electron chi connectivity index (χ0n) is 12.3. The molecule has 0 radical (unpaired) electrons. The Balaban J connectivity index is 1.71. The molecule has 1 heterocycles. The van der Waals surface area contributed by atoms with Crippen molar-refractivity contribution >= 4 is 0 Å². The fourth-order valence-corrected chi connectivity index (χ4v) is 1.86. The van der Waals surface area contributed by atoms with E-state index in [1.807, 2.05) is 18.2 Å². The minimum Gasteiger partial charge on any atom is -0.494 e. The number of furan rings is 1. The summed E-state index contributed by atoms with van der Waals surface area (Å²) in [6.07, 6.45) is 4.55. The van der Waals surface area contributed by atoms with Gasteiger partial charge in [-0.1, -0.05) is 26.0 Å². The van der Waals surface area contributed by atoms with Gasteiger partial charge in [-0.25, -0.2) is 0 Å². The average Bonchev–Trinajstić information content (AvgIpc) is 2.93. The van der Waals surface area contributed by atoms with E-state index < -0.39 is 0 Å². The molecule has 20 heavy (non-hydrogen) atoms. The van der Waals surface area contributed by atoms with Crippen LogP contribution in [0.4, 0.5) is 0 Å². The second-order valence-electron chi connectivity index (χ2n) is 5.41. The third-order valence-electron chi connectivity index (χ3n) is 3.13. The van der Waals surface area contributed by atoms with E-state index in [0.717, 1.165) is 31.9 Å². The van der Waals surface area contributed by atoms with Crippen LogP contribution in [0.5, 0.6) is 5.75 Å². The first-order valence-corrected chi connectivity index (χ1v) is 7.17. The van der Waals surface area contributed by atoms with Crippen molar-refractivity contribution in [1.82, 2.24) is 5.32 Å². The smallest absolute Gasteiger partial charge is 0.119 e. The molecule has 0 aliphatic rings. The van der Waals surface area contributed by atoms with Crippen LogP contribution in [0.1, 0.15) is 31.4 Å². The van der Waals surface area contributed by atoms with Crippen molar-refractivity contribution in [2.45, 2.75) is 33.4 Å². The molecule has 3 heteroatoms. The number of hydrogen-bond acceptors (Lipinski definition) is 3. The van der Waals surface area contributed by atoms with Gasteiger partial charge in [0.15, 0.2) is 0 Å². The summed E-state index contributed by atoms with van der Waals surface area (Å²) in [6.45, 7) is 6.87. The molecule has 0 bridgehead atoms. The predicted octanol–water partition coefficient (Wildman–Crippen LogP) is 3.99. The SMILES string of the molecule is CC(C)CCOc1ccc(CNCc2ccoc2)cc1. The zero-order valence-corrected chi connectivity index (χ0v) is 12.3. The zero-order chi connectivity index (χ0) is 14.2. The highest BCUT2D eigenvalue weighted by molar-refractivity contribution is 5.27. The van der Waals surface area contributed by atoms with Crippen molar-refractivity contribution in [2.24, 2.45) is 5.92 Å². The van der Waals surface area contributed by atoms with Crippen LogP contribution in [0, 0.1) is 5.92 Å². The number of benzene rings is 1. The maximum absolute atomic E-state index is 5.70. The Kier molecular flexibility index (Phi) is 5.69. The Morgan fingerprint density at radius 1 is 1.05 bits per heavy atom. The van der Waals surface area contributed by atoms with E-state index in [4.69, 9.17) is 9.15 Å². The van der Waals surface area contributed by atoms with E-state index in [9.17, 15) is 0 Å². The summed E-state index contributed by atoms with van der Waals surface area (Å²) >= 11 is 0. The molecule has 0 aliphatic heterocycles. The van der Waals surface area contributed by atoms with Crippen LogP contribution in [0.15, 0.2) is 47.3 Å². The molecule has 1 aromatic carbocycles. The summed E-state index contributed by atoms with van der Waals surface area (Å²) in [5.41, 5.74) is 2.42. The lowest BCUT2D eigenvalue weighted by molar-refractivity contribution is 0.289. The van der Waals surface area contributed by atoms with E-state index in [1.54, 1.807) is 12.5 Å². The van der Waals surface area contributed by atoms with Gasteiger partial charge in [-0.2, -0.15) is 0 Å². The third-order valence-corrected chi connectivity index (χ3v) is 3.13. The number of nitrogens with one attached hydrogen (secondary N) is 1. The van der Waals surface area contributed by atoms with Crippen molar-refractivity contribution in [3.8, 4) is 5.75 Å². The van der Waals surface area contributed by atoms with Crippen LogP contribution in [0.25, 0.3) is 0 Å². The summed E-state index contributed by atoms with van der Waals surface area (Å²) < 4.78 is 10.7. The Bertz CT molecular complexity index is 474. The standard InChI is InChI=1S/C17H23NO2/c1-14(2)7-10-20-17-5-3-15(4-6-17)11-18-12-16-8-9-19-13-16/h3-6,8-9,13-14,18H,7,10-12H2,1-2H3. The molecule has 2 rings (SSSR count). The van der Waals surface area contributed by atoms with Gasteiger partial charge < -0.3 is 14.5 Å². The Hall–Kier alpha value is -1.74. The van der Waals surface area contributed by atoms with Crippen LogP contribution in [0.3, 0.4) is 0 Å². The maximum atomic E-state index is 5.70. The van der Waals surface area contributed by atoms with Crippen LogP contribution in [-0.2, 0) is 13.1 Å². The van der Waals surface area contributed by atoms with Crippen molar-refractivity contribution in [2.75, 3.05) is 6.61 Å². The minimum absolute atomic E-state index is 0.682.